The lowest BCUT2D eigenvalue weighted by atomic mass is 10.1. The van der Waals surface area contributed by atoms with Crippen LogP contribution in [0.2, 0.25) is 0 Å². The van der Waals surface area contributed by atoms with E-state index in [0.717, 1.165) is 36.4 Å². The van der Waals surface area contributed by atoms with Crippen LogP contribution in [0.1, 0.15) is 39.9 Å². The van der Waals surface area contributed by atoms with Crippen molar-refractivity contribution < 1.29 is 14.3 Å². The molecule has 0 aliphatic rings. The molecular weight excluding hydrogens is 314 g/mol. The summed E-state index contributed by atoms with van der Waals surface area (Å²) in [6.45, 7) is 7.60. The third-order valence-corrected chi connectivity index (χ3v) is 4.28. The van der Waals surface area contributed by atoms with Crippen molar-refractivity contribution in [2.24, 2.45) is 0 Å². The van der Waals surface area contributed by atoms with Crippen molar-refractivity contribution >= 4 is 11.7 Å². The molecule has 0 saturated heterocycles. The molecule has 134 valence electrons. The van der Waals surface area contributed by atoms with Crippen molar-refractivity contribution in [2.75, 3.05) is 25.6 Å². The quantitative estimate of drug-likeness (QED) is 0.560. The Morgan fingerprint density at radius 1 is 1.08 bits per heavy atom. The molecule has 2 rings (SSSR count). The molecule has 0 saturated carbocycles. The minimum Gasteiger partial charge on any atom is -0.493 e. The van der Waals surface area contributed by atoms with Gasteiger partial charge >= 0.3 is 5.97 Å². The predicted octanol–water partition coefficient (Wildman–Crippen LogP) is 4.67. The van der Waals surface area contributed by atoms with E-state index < -0.39 is 0 Å². The SMILES string of the molecule is COC(=O)c1cc(C)ccc1NCCCCOc1cccc(C)c1C. The number of carbonyl (C=O) groups excluding carboxylic acids is 1. The van der Waals surface area contributed by atoms with Crippen LogP contribution in [-0.2, 0) is 4.74 Å². The molecule has 2 aromatic carbocycles. The van der Waals surface area contributed by atoms with Gasteiger partial charge in [0.25, 0.3) is 0 Å². The topological polar surface area (TPSA) is 47.6 Å². The molecule has 0 unspecified atom stereocenters. The van der Waals surface area contributed by atoms with Crippen LogP contribution in [0.25, 0.3) is 0 Å². The molecule has 4 nitrogen and oxygen atoms in total. The molecule has 0 spiro atoms. The van der Waals surface area contributed by atoms with E-state index in [2.05, 4.69) is 25.2 Å². The molecule has 2 aromatic rings. The van der Waals surface area contributed by atoms with Gasteiger partial charge in [-0.2, -0.15) is 0 Å². The van der Waals surface area contributed by atoms with Crippen LogP contribution in [0.4, 0.5) is 5.69 Å². The van der Waals surface area contributed by atoms with Crippen LogP contribution in [0.5, 0.6) is 5.75 Å². The summed E-state index contributed by atoms with van der Waals surface area (Å²) >= 11 is 0. The number of unbranched alkanes of at least 4 members (excludes halogenated alkanes) is 1. The van der Waals surface area contributed by atoms with Gasteiger partial charge in [0.1, 0.15) is 5.75 Å². The second-order valence-corrected chi connectivity index (χ2v) is 6.22. The number of carbonyl (C=O) groups is 1. The highest BCUT2D eigenvalue weighted by Crippen LogP contribution is 2.21. The molecule has 4 heteroatoms. The Morgan fingerprint density at radius 3 is 2.64 bits per heavy atom. The predicted molar refractivity (Wildman–Crippen MR) is 102 cm³/mol. The highest BCUT2D eigenvalue weighted by Gasteiger charge is 2.11. The van der Waals surface area contributed by atoms with Crippen molar-refractivity contribution in [2.45, 2.75) is 33.6 Å². The molecule has 0 atom stereocenters. The zero-order chi connectivity index (χ0) is 18.2. The van der Waals surface area contributed by atoms with Gasteiger partial charge in [-0.1, -0.05) is 23.8 Å². The molecule has 0 aliphatic heterocycles. The molecule has 0 bridgehead atoms. The summed E-state index contributed by atoms with van der Waals surface area (Å²) in [5, 5.41) is 3.32. The summed E-state index contributed by atoms with van der Waals surface area (Å²) in [5.74, 6) is 0.643. The number of hydrogen-bond donors (Lipinski definition) is 1. The largest absolute Gasteiger partial charge is 0.493 e. The zero-order valence-corrected chi connectivity index (χ0v) is 15.5. The lowest BCUT2D eigenvalue weighted by Crippen LogP contribution is -2.10. The van der Waals surface area contributed by atoms with Gasteiger partial charge in [0.15, 0.2) is 0 Å². The van der Waals surface area contributed by atoms with E-state index in [1.807, 2.05) is 37.3 Å². The summed E-state index contributed by atoms with van der Waals surface area (Å²) in [6.07, 6.45) is 1.90. The summed E-state index contributed by atoms with van der Waals surface area (Å²) in [5.41, 5.74) is 4.87. The van der Waals surface area contributed by atoms with E-state index in [0.29, 0.717) is 12.2 Å². The Hall–Kier alpha value is -2.49. The van der Waals surface area contributed by atoms with E-state index in [-0.39, 0.29) is 5.97 Å². The first-order valence-corrected chi connectivity index (χ1v) is 8.64. The maximum atomic E-state index is 11.9. The lowest BCUT2D eigenvalue weighted by molar-refractivity contribution is 0.0601. The first kappa shape index (κ1) is 18.8. The normalized spacial score (nSPS) is 10.4. The fourth-order valence-corrected chi connectivity index (χ4v) is 2.60. The van der Waals surface area contributed by atoms with Gasteiger partial charge in [0.05, 0.1) is 19.3 Å². The second-order valence-electron chi connectivity index (χ2n) is 6.22. The van der Waals surface area contributed by atoms with E-state index in [1.165, 1.54) is 18.2 Å². The van der Waals surface area contributed by atoms with Crippen LogP contribution >= 0.6 is 0 Å². The number of anilines is 1. The number of nitrogens with one attached hydrogen (secondary N) is 1. The van der Waals surface area contributed by atoms with Crippen molar-refractivity contribution in [3.8, 4) is 5.75 Å². The molecule has 0 fully saturated rings. The van der Waals surface area contributed by atoms with E-state index in [9.17, 15) is 4.79 Å². The van der Waals surface area contributed by atoms with E-state index >= 15 is 0 Å². The van der Waals surface area contributed by atoms with Crippen LogP contribution in [-0.4, -0.2) is 26.2 Å². The number of benzene rings is 2. The molecule has 1 N–H and O–H groups in total. The van der Waals surface area contributed by atoms with Crippen LogP contribution in [0.3, 0.4) is 0 Å². The number of ether oxygens (including phenoxy) is 2. The Morgan fingerprint density at radius 2 is 1.88 bits per heavy atom. The van der Waals surface area contributed by atoms with Crippen LogP contribution in [0.15, 0.2) is 36.4 Å². The standard InChI is InChI=1S/C21H27NO3/c1-15-10-11-19(18(14-15)21(23)24-4)22-12-5-6-13-25-20-9-7-8-16(2)17(20)3/h7-11,14,22H,5-6,12-13H2,1-4H3. The Balaban J connectivity index is 1.78. The lowest BCUT2D eigenvalue weighted by Gasteiger charge is -2.13. The first-order chi connectivity index (χ1) is 12.0. The Kier molecular flexibility index (Phi) is 6.87. The van der Waals surface area contributed by atoms with Crippen LogP contribution < -0.4 is 10.1 Å². The second kappa shape index (κ2) is 9.11. The van der Waals surface area contributed by atoms with Gasteiger partial charge in [-0.25, -0.2) is 4.79 Å². The molecule has 0 aliphatic carbocycles. The third-order valence-electron chi connectivity index (χ3n) is 4.28. The molecule has 0 radical (unpaired) electrons. The molecule has 0 aromatic heterocycles. The van der Waals surface area contributed by atoms with Crippen LogP contribution in [0, 0.1) is 20.8 Å². The van der Waals surface area contributed by atoms with Gasteiger partial charge in [-0.05, 0) is 62.9 Å². The Labute approximate surface area is 150 Å². The summed E-state index contributed by atoms with van der Waals surface area (Å²) in [7, 11) is 1.40. The van der Waals surface area contributed by atoms with Gasteiger partial charge in [-0.3, -0.25) is 0 Å². The van der Waals surface area contributed by atoms with E-state index in [4.69, 9.17) is 9.47 Å². The Bertz CT molecular complexity index is 725. The van der Waals surface area contributed by atoms with Crippen molar-refractivity contribution in [3.63, 3.8) is 0 Å². The van der Waals surface area contributed by atoms with Crippen molar-refractivity contribution in [3.05, 3.63) is 58.7 Å². The van der Waals surface area contributed by atoms with E-state index in [1.54, 1.807) is 0 Å². The minimum atomic E-state index is -0.315. The van der Waals surface area contributed by atoms with Gasteiger partial charge in [0, 0.05) is 12.2 Å². The average Bonchev–Trinajstić information content (AvgIpc) is 2.61. The highest BCUT2D eigenvalue weighted by atomic mass is 16.5. The first-order valence-electron chi connectivity index (χ1n) is 8.64. The monoisotopic (exact) mass is 341 g/mol. The molecular formula is C21H27NO3. The number of rotatable bonds is 8. The number of esters is 1. The number of hydrogen-bond acceptors (Lipinski definition) is 4. The fraction of sp³-hybridized carbons (Fsp3) is 0.381. The zero-order valence-electron chi connectivity index (χ0n) is 15.5. The fourth-order valence-electron chi connectivity index (χ4n) is 2.60. The third kappa shape index (κ3) is 5.24. The highest BCUT2D eigenvalue weighted by molar-refractivity contribution is 5.95. The average molecular weight is 341 g/mol. The van der Waals surface area contributed by atoms with Crippen molar-refractivity contribution in [1.82, 2.24) is 0 Å². The smallest absolute Gasteiger partial charge is 0.339 e. The van der Waals surface area contributed by atoms with Gasteiger partial charge < -0.3 is 14.8 Å². The molecule has 25 heavy (non-hydrogen) atoms. The van der Waals surface area contributed by atoms with Gasteiger partial charge in [-0.15, -0.1) is 0 Å². The summed E-state index contributed by atoms with van der Waals surface area (Å²) in [4.78, 5) is 11.9. The molecule has 0 heterocycles. The maximum absolute atomic E-state index is 11.9. The number of aryl methyl sites for hydroxylation is 2. The minimum absolute atomic E-state index is 0.315. The number of methoxy groups -OCH3 is 1. The maximum Gasteiger partial charge on any atom is 0.339 e. The summed E-state index contributed by atoms with van der Waals surface area (Å²) in [6, 6.07) is 11.9. The van der Waals surface area contributed by atoms with Crippen molar-refractivity contribution in [1.29, 1.82) is 0 Å². The van der Waals surface area contributed by atoms with Gasteiger partial charge in [0.2, 0.25) is 0 Å². The molecule has 0 amide bonds. The summed E-state index contributed by atoms with van der Waals surface area (Å²) < 4.78 is 10.7.